The van der Waals surface area contributed by atoms with Crippen molar-refractivity contribution in [3.05, 3.63) is 64.7 Å². The molecule has 1 spiro atoms. The first kappa shape index (κ1) is 19.5. The average molecular weight is 417 g/mol. The number of hydrogen-bond acceptors (Lipinski definition) is 4. The molecule has 1 saturated heterocycles. The van der Waals surface area contributed by atoms with Crippen molar-refractivity contribution in [2.45, 2.75) is 37.6 Å². The van der Waals surface area contributed by atoms with E-state index in [2.05, 4.69) is 5.32 Å². The third-order valence-corrected chi connectivity index (χ3v) is 6.66. The fourth-order valence-electron chi connectivity index (χ4n) is 5.06. The van der Waals surface area contributed by atoms with Crippen molar-refractivity contribution >= 4 is 29.8 Å². The van der Waals surface area contributed by atoms with E-state index in [4.69, 9.17) is 0 Å². The lowest BCUT2D eigenvalue weighted by Crippen LogP contribution is -2.44. The zero-order chi connectivity index (χ0) is 21.6. The summed E-state index contributed by atoms with van der Waals surface area (Å²) in [7, 11) is 0. The smallest absolute Gasteiger partial charge is 0.319 e. The molecule has 31 heavy (non-hydrogen) atoms. The lowest BCUT2D eigenvalue weighted by molar-refractivity contribution is -0.131. The van der Waals surface area contributed by atoms with Gasteiger partial charge in [-0.1, -0.05) is 24.3 Å². The van der Waals surface area contributed by atoms with Gasteiger partial charge in [0.2, 0.25) is 6.41 Å². The van der Waals surface area contributed by atoms with Gasteiger partial charge in [-0.15, -0.1) is 0 Å². The second-order valence-electron chi connectivity index (χ2n) is 8.41. The summed E-state index contributed by atoms with van der Waals surface area (Å²) < 4.78 is 0. The summed E-state index contributed by atoms with van der Waals surface area (Å²) in [6.07, 6.45) is 4.63. The maximum atomic E-state index is 13.5. The van der Waals surface area contributed by atoms with Crippen LogP contribution in [0.2, 0.25) is 0 Å². The fourth-order valence-corrected chi connectivity index (χ4v) is 5.06. The van der Waals surface area contributed by atoms with Crippen molar-refractivity contribution in [3.63, 3.8) is 0 Å². The molecule has 2 aliphatic heterocycles. The molecule has 7 heteroatoms. The second kappa shape index (κ2) is 7.34. The Kier molecular flexibility index (Phi) is 4.61. The number of carbonyl (C=O) groups is 4. The Labute approximate surface area is 180 Å². The van der Waals surface area contributed by atoms with E-state index in [0.717, 1.165) is 53.0 Å². The van der Waals surface area contributed by atoms with Gasteiger partial charge >= 0.3 is 6.03 Å². The Morgan fingerprint density at radius 2 is 1.90 bits per heavy atom. The summed E-state index contributed by atoms with van der Waals surface area (Å²) >= 11 is 0. The van der Waals surface area contributed by atoms with Crippen LogP contribution in [-0.2, 0) is 28.0 Å². The van der Waals surface area contributed by atoms with Crippen molar-refractivity contribution in [2.75, 3.05) is 18.0 Å². The zero-order valence-corrected chi connectivity index (χ0v) is 17.1. The van der Waals surface area contributed by atoms with Crippen molar-refractivity contribution in [1.29, 1.82) is 0 Å². The molecule has 0 bridgehead atoms. The molecule has 0 aromatic heterocycles. The summed E-state index contributed by atoms with van der Waals surface area (Å²) in [4.78, 5) is 53.0. The molecule has 1 aliphatic carbocycles. The second-order valence-corrected chi connectivity index (χ2v) is 8.41. The lowest BCUT2D eigenvalue weighted by Gasteiger charge is -2.27. The molecule has 1 atom stereocenters. The molecule has 1 N–H and O–H groups in total. The van der Waals surface area contributed by atoms with Gasteiger partial charge in [-0.2, -0.15) is 0 Å². The van der Waals surface area contributed by atoms with Crippen LogP contribution in [0.5, 0.6) is 0 Å². The molecule has 3 aliphatic rings. The minimum Gasteiger partial charge on any atom is -0.319 e. The van der Waals surface area contributed by atoms with E-state index in [9.17, 15) is 19.2 Å². The zero-order valence-electron chi connectivity index (χ0n) is 17.1. The predicted molar refractivity (Wildman–Crippen MR) is 114 cm³/mol. The van der Waals surface area contributed by atoms with Crippen molar-refractivity contribution in [2.24, 2.45) is 0 Å². The van der Waals surface area contributed by atoms with Crippen LogP contribution in [0.15, 0.2) is 42.5 Å². The number of carbonyl (C=O) groups excluding carboxylic acids is 4. The number of urea groups is 1. The number of benzene rings is 2. The van der Waals surface area contributed by atoms with Crippen LogP contribution >= 0.6 is 0 Å². The van der Waals surface area contributed by atoms with Crippen LogP contribution < -0.4 is 10.2 Å². The number of nitrogens with one attached hydrogen (secondary N) is 1. The number of anilines is 1. The van der Waals surface area contributed by atoms with E-state index < -0.39 is 11.6 Å². The first-order valence-corrected chi connectivity index (χ1v) is 10.6. The molecule has 7 nitrogen and oxygen atoms in total. The van der Waals surface area contributed by atoms with Gasteiger partial charge in [-0.05, 0) is 67.0 Å². The molecule has 2 aromatic carbocycles. The van der Waals surface area contributed by atoms with Crippen molar-refractivity contribution in [3.8, 4) is 0 Å². The summed E-state index contributed by atoms with van der Waals surface area (Å²) in [5.41, 5.74) is 2.98. The molecule has 1 unspecified atom stereocenters. The third-order valence-electron chi connectivity index (χ3n) is 6.66. The van der Waals surface area contributed by atoms with Gasteiger partial charge in [-0.25, -0.2) is 4.79 Å². The van der Waals surface area contributed by atoms with E-state index >= 15 is 0 Å². The molecular weight excluding hydrogens is 394 g/mol. The van der Waals surface area contributed by atoms with E-state index in [1.807, 2.05) is 24.3 Å². The third kappa shape index (κ3) is 3.03. The highest BCUT2D eigenvalue weighted by Gasteiger charge is 2.53. The van der Waals surface area contributed by atoms with Gasteiger partial charge in [0.05, 0.1) is 6.54 Å². The fraction of sp³-hybridized carbons (Fsp3) is 0.333. The average Bonchev–Trinajstić information content (AvgIpc) is 3.23. The van der Waals surface area contributed by atoms with Gasteiger partial charge in [-0.3, -0.25) is 19.3 Å². The molecule has 0 radical (unpaired) electrons. The first-order chi connectivity index (χ1) is 15.0. The van der Waals surface area contributed by atoms with Crippen molar-refractivity contribution < 1.29 is 19.2 Å². The number of ketones is 1. The minimum atomic E-state index is -1.09. The van der Waals surface area contributed by atoms with Gasteiger partial charge < -0.3 is 10.2 Å². The minimum absolute atomic E-state index is 0.296. The Hall–Kier alpha value is -3.48. The standard InChI is InChI=1S/C24H23N3O4/c28-15-26-12-10-17-13-18(8-9-20(17)26)21(29)14-27-22(30)24(25-23(27)31)11-4-3-6-16-5-1-2-7-19(16)24/h1-2,5,7-9,13,15H,3-4,6,10-12,14H2,(H,25,31). The molecule has 2 heterocycles. The summed E-state index contributed by atoms with van der Waals surface area (Å²) in [6.45, 7) is 0.288. The quantitative estimate of drug-likeness (QED) is 0.471. The summed E-state index contributed by atoms with van der Waals surface area (Å²) in [5.74, 6) is -0.650. The van der Waals surface area contributed by atoms with Crippen LogP contribution in [-0.4, -0.2) is 42.1 Å². The maximum Gasteiger partial charge on any atom is 0.325 e. The number of hydrogen-bond donors (Lipinski definition) is 1. The number of rotatable bonds is 4. The van der Waals surface area contributed by atoms with Gasteiger partial charge in [0, 0.05) is 17.8 Å². The van der Waals surface area contributed by atoms with E-state index in [-0.39, 0.29) is 18.2 Å². The SMILES string of the molecule is O=CN1CCc2cc(C(=O)CN3C(=O)NC4(CCCCc5ccccc54)C3=O)ccc21. The van der Waals surface area contributed by atoms with Crippen LogP contribution in [0.4, 0.5) is 10.5 Å². The highest BCUT2D eigenvalue weighted by atomic mass is 16.2. The predicted octanol–water partition coefficient (Wildman–Crippen LogP) is 2.56. The van der Waals surface area contributed by atoms with E-state index in [0.29, 0.717) is 24.9 Å². The number of nitrogens with zero attached hydrogens (tertiary/aromatic N) is 2. The molecule has 0 saturated carbocycles. The Morgan fingerprint density at radius 3 is 2.74 bits per heavy atom. The van der Waals surface area contributed by atoms with Gasteiger partial charge in [0.15, 0.2) is 5.78 Å². The molecule has 4 amide bonds. The highest BCUT2D eigenvalue weighted by Crippen LogP contribution is 2.39. The summed E-state index contributed by atoms with van der Waals surface area (Å²) in [5, 5.41) is 2.92. The maximum absolute atomic E-state index is 13.5. The normalized spacial score (nSPS) is 22.2. The number of aryl methyl sites for hydroxylation is 1. The van der Waals surface area contributed by atoms with E-state index in [1.165, 1.54) is 0 Å². The Balaban J connectivity index is 1.41. The molecule has 158 valence electrons. The van der Waals surface area contributed by atoms with Crippen LogP contribution in [0.1, 0.15) is 46.3 Å². The van der Waals surface area contributed by atoms with Crippen molar-refractivity contribution in [1.82, 2.24) is 10.2 Å². The van der Waals surface area contributed by atoms with Crippen LogP contribution in [0.3, 0.4) is 0 Å². The largest absolute Gasteiger partial charge is 0.325 e. The molecule has 2 aromatic rings. The number of amides is 4. The first-order valence-electron chi connectivity index (χ1n) is 10.6. The van der Waals surface area contributed by atoms with E-state index in [1.54, 1.807) is 23.1 Å². The molecule has 5 rings (SSSR count). The number of fused-ring (bicyclic) bond motifs is 3. The highest BCUT2D eigenvalue weighted by molar-refractivity contribution is 6.11. The van der Waals surface area contributed by atoms with Crippen LogP contribution in [0, 0.1) is 0 Å². The summed E-state index contributed by atoms with van der Waals surface area (Å²) in [6, 6.07) is 12.4. The molecule has 1 fully saturated rings. The van der Waals surface area contributed by atoms with Gasteiger partial charge in [0.25, 0.3) is 5.91 Å². The topological polar surface area (TPSA) is 86.8 Å². The lowest BCUT2D eigenvalue weighted by atomic mass is 9.84. The Bertz CT molecular complexity index is 1110. The number of imide groups is 1. The number of Topliss-reactive ketones (excluding diaryl/α,β-unsaturated/α-hetero) is 1. The van der Waals surface area contributed by atoms with Crippen LogP contribution in [0.25, 0.3) is 0 Å². The monoisotopic (exact) mass is 417 g/mol. The Morgan fingerprint density at radius 1 is 1.06 bits per heavy atom. The van der Waals surface area contributed by atoms with Gasteiger partial charge in [0.1, 0.15) is 5.54 Å². The molecular formula is C24H23N3O4.